The van der Waals surface area contributed by atoms with Crippen LogP contribution in [0.15, 0.2) is 30.4 Å². The molecule has 0 saturated carbocycles. The lowest BCUT2D eigenvalue weighted by atomic mass is 9.89. The second kappa shape index (κ2) is 6.17. The van der Waals surface area contributed by atoms with Crippen LogP contribution >= 0.6 is 0 Å². The molecule has 0 atom stereocenters. The lowest BCUT2D eigenvalue weighted by molar-refractivity contribution is 0.382. The average molecular weight is 291 g/mol. The van der Waals surface area contributed by atoms with Gasteiger partial charge in [0.05, 0.1) is 0 Å². The van der Waals surface area contributed by atoms with Gasteiger partial charge in [0.2, 0.25) is 8.32 Å². The SMILES string of the molecule is C=C(C)CC(C)(C)C[Si](C)(C)Oc1c(C)cccc1C. The molecule has 0 bridgehead atoms. The monoisotopic (exact) mass is 290 g/mol. The Kier molecular flexibility index (Phi) is 5.25. The Morgan fingerprint density at radius 3 is 2.15 bits per heavy atom. The van der Waals surface area contributed by atoms with Crippen molar-refractivity contribution in [1.82, 2.24) is 0 Å². The quantitative estimate of drug-likeness (QED) is 0.469. The first-order chi connectivity index (χ1) is 9.02. The van der Waals surface area contributed by atoms with E-state index in [1.54, 1.807) is 0 Å². The van der Waals surface area contributed by atoms with E-state index in [4.69, 9.17) is 4.43 Å². The van der Waals surface area contributed by atoms with Crippen molar-refractivity contribution in [2.75, 3.05) is 0 Å². The van der Waals surface area contributed by atoms with Crippen molar-refractivity contribution in [2.45, 2.75) is 60.2 Å². The minimum Gasteiger partial charge on any atom is -0.544 e. The Morgan fingerprint density at radius 1 is 1.20 bits per heavy atom. The third kappa shape index (κ3) is 5.16. The van der Waals surface area contributed by atoms with Crippen LogP contribution in [0.5, 0.6) is 5.75 Å². The molecule has 0 unspecified atom stereocenters. The van der Waals surface area contributed by atoms with Gasteiger partial charge in [0.1, 0.15) is 5.75 Å². The van der Waals surface area contributed by atoms with Crippen molar-refractivity contribution >= 4 is 8.32 Å². The van der Waals surface area contributed by atoms with Crippen LogP contribution in [0.2, 0.25) is 19.1 Å². The zero-order valence-electron chi connectivity index (χ0n) is 14.3. The molecule has 20 heavy (non-hydrogen) atoms. The van der Waals surface area contributed by atoms with Gasteiger partial charge in [-0.25, -0.2) is 0 Å². The summed E-state index contributed by atoms with van der Waals surface area (Å²) in [4.78, 5) is 0. The normalized spacial score (nSPS) is 12.3. The number of hydrogen-bond acceptors (Lipinski definition) is 1. The Balaban J connectivity index is 2.87. The van der Waals surface area contributed by atoms with E-state index >= 15 is 0 Å². The molecular formula is C18H30OSi. The van der Waals surface area contributed by atoms with E-state index in [-0.39, 0.29) is 5.41 Å². The Hall–Kier alpha value is -1.02. The molecule has 2 heteroatoms. The summed E-state index contributed by atoms with van der Waals surface area (Å²) in [6, 6.07) is 7.50. The fraction of sp³-hybridized carbons (Fsp3) is 0.556. The van der Waals surface area contributed by atoms with Crippen LogP contribution in [0.1, 0.15) is 38.3 Å². The smallest absolute Gasteiger partial charge is 0.245 e. The van der Waals surface area contributed by atoms with E-state index in [1.165, 1.54) is 16.7 Å². The molecule has 1 rings (SSSR count). The first-order valence-electron chi connectivity index (χ1n) is 7.42. The van der Waals surface area contributed by atoms with Crippen molar-refractivity contribution in [3.63, 3.8) is 0 Å². The molecule has 0 amide bonds. The summed E-state index contributed by atoms with van der Waals surface area (Å²) in [5.41, 5.74) is 4.00. The minimum absolute atomic E-state index is 0.262. The summed E-state index contributed by atoms with van der Waals surface area (Å²) in [6.07, 6.45) is 1.07. The molecule has 1 aromatic carbocycles. The van der Waals surface area contributed by atoms with Gasteiger partial charge >= 0.3 is 0 Å². The molecule has 112 valence electrons. The van der Waals surface area contributed by atoms with Crippen molar-refractivity contribution in [3.05, 3.63) is 41.5 Å². The predicted octanol–water partition coefficient (Wildman–Crippen LogP) is 5.88. The lowest BCUT2D eigenvalue weighted by Gasteiger charge is -2.34. The van der Waals surface area contributed by atoms with Crippen molar-refractivity contribution in [2.24, 2.45) is 5.41 Å². The van der Waals surface area contributed by atoms with Gasteiger partial charge in [-0.3, -0.25) is 0 Å². The number of hydrogen-bond donors (Lipinski definition) is 0. The van der Waals surface area contributed by atoms with E-state index in [1.807, 2.05) is 0 Å². The summed E-state index contributed by atoms with van der Waals surface area (Å²) in [5, 5.41) is 0. The zero-order valence-corrected chi connectivity index (χ0v) is 15.3. The fourth-order valence-electron chi connectivity index (χ4n) is 3.30. The van der Waals surface area contributed by atoms with Crippen LogP contribution in [-0.2, 0) is 0 Å². The van der Waals surface area contributed by atoms with Gasteiger partial charge in [-0.15, -0.1) is 6.58 Å². The summed E-state index contributed by atoms with van der Waals surface area (Å²) in [7, 11) is -1.75. The van der Waals surface area contributed by atoms with Crippen LogP contribution in [0.3, 0.4) is 0 Å². The van der Waals surface area contributed by atoms with Crippen LogP contribution in [0, 0.1) is 19.3 Å². The lowest BCUT2D eigenvalue weighted by Crippen LogP contribution is -2.39. The molecule has 0 N–H and O–H groups in total. The van der Waals surface area contributed by atoms with E-state index < -0.39 is 8.32 Å². The first-order valence-corrected chi connectivity index (χ1v) is 10.5. The highest BCUT2D eigenvalue weighted by Gasteiger charge is 2.34. The van der Waals surface area contributed by atoms with Crippen molar-refractivity contribution in [3.8, 4) is 5.75 Å². The predicted molar refractivity (Wildman–Crippen MR) is 92.0 cm³/mol. The molecule has 0 radical (unpaired) electrons. The average Bonchev–Trinajstić information content (AvgIpc) is 2.19. The molecule has 0 saturated heterocycles. The second-order valence-corrected chi connectivity index (χ2v) is 11.6. The van der Waals surface area contributed by atoms with E-state index in [9.17, 15) is 0 Å². The second-order valence-electron chi connectivity index (χ2n) is 7.56. The van der Waals surface area contributed by atoms with Crippen LogP contribution < -0.4 is 4.43 Å². The van der Waals surface area contributed by atoms with E-state index in [0.717, 1.165) is 18.2 Å². The van der Waals surface area contributed by atoms with E-state index in [2.05, 4.69) is 72.5 Å². The topological polar surface area (TPSA) is 9.23 Å². The summed E-state index contributed by atoms with van der Waals surface area (Å²) < 4.78 is 6.49. The summed E-state index contributed by atoms with van der Waals surface area (Å²) >= 11 is 0. The Morgan fingerprint density at radius 2 is 1.70 bits per heavy atom. The minimum atomic E-state index is -1.75. The highest BCUT2D eigenvalue weighted by atomic mass is 28.4. The van der Waals surface area contributed by atoms with Gasteiger partial charge in [-0.2, -0.15) is 0 Å². The maximum atomic E-state index is 6.49. The van der Waals surface area contributed by atoms with Gasteiger partial charge < -0.3 is 4.43 Å². The Labute approximate surface area is 126 Å². The molecule has 1 nitrogen and oxygen atoms in total. The number of aryl methyl sites for hydroxylation is 2. The fourth-order valence-corrected chi connectivity index (χ4v) is 6.68. The molecular weight excluding hydrogens is 260 g/mol. The number of benzene rings is 1. The first kappa shape index (κ1) is 17.0. The third-order valence-corrected chi connectivity index (χ3v) is 6.04. The maximum absolute atomic E-state index is 6.49. The molecule has 0 spiro atoms. The zero-order chi connectivity index (χ0) is 15.6. The van der Waals surface area contributed by atoms with Crippen molar-refractivity contribution in [1.29, 1.82) is 0 Å². The Bertz CT molecular complexity index is 466. The molecule has 0 heterocycles. The van der Waals surface area contributed by atoms with E-state index in [0.29, 0.717) is 0 Å². The van der Waals surface area contributed by atoms with Gasteiger partial charge in [0, 0.05) is 0 Å². The molecule has 0 aliphatic carbocycles. The molecule has 0 aliphatic heterocycles. The standard InChI is InChI=1S/C18H30OSi/c1-14(2)12-18(5,6)13-20(7,8)19-17-15(3)10-9-11-16(17)4/h9-11H,1,12-13H2,2-8H3. The summed E-state index contributed by atoms with van der Waals surface area (Å²) in [6.45, 7) is 19.7. The van der Waals surface area contributed by atoms with Gasteiger partial charge in [0.15, 0.2) is 0 Å². The molecule has 0 aliphatic rings. The maximum Gasteiger partial charge on any atom is 0.245 e. The number of rotatable bonds is 6. The third-order valence-electron chi connectivity index (χ3n) is 3.47. The number of para-hydroxylation sites is 1. The van der Waals surface area contributed by atoms with Crippen molar-refractivity contribution < 1.29 is 4.43 Å². The molecule has 0 aromatic heterocycles. The van der Waals surface area contributed by atoms with Crippen LogP contribution in [-0.4, -0.2) is 8.32 Å². The highest BCUT2D eigenvalue weighted by Crippen LogP contribution is 2.36. The number of allylic oxidation sites excluding steroid dienone is 1. The van der Waals surface area contributed by atoms with Gasteiger partial charge in [-0.1, -0.05) is 37.6 Å². The van der Waals surface area contributed by atoms with Gasteiger partial charge in [-0.05, 0) is 62.9 Å². The molecule has 0 fully saturated rings. The van der Waals surface area contributed by atoms with Crippen LogP contribution in [0.25, 0.3) is 0 Å². The summed E-state index contributed by atoms with van der Waals surface area (Å²) in [5.74, 6) is 1.09. The molecule has 1 aromatic rings. The highest BCUT2D eigenvalue weighted by molar-refractivity contribution is 6.72. The van der Waals surface area contributed by atoms with Crippen LogP contribution in [0.4, 0.5) is 0 Å². The largest absolute Gasteiger partial charge is 0.544 e. The van der Waals surface area contributed by atoms with Gasteiger partial charge in [0.25, 0.3) is 0 Å².